The molecule has 1 aliphatic carbocycles. The van der Waals surface area contributed by atoms with Gasteiger partial charge in [-0.1, -0.05) is 24.6 Å². The molecule has 2 atom stereocenters. The summed E-state index contributed by atoms with van der Waals surface area (Å²) in [7, 11) is -4.40. The zero-order chi connectivity index (χ0) is 23.5. The SMILES string of the molecule is Cc1c(N2CC[C@@]3(CC[C@H]3N3CC(C)C3)C2)cc(Cl)c(S(=O)(=O)Nc2cccc(F)n2)c1F. The Kier molecular flexibility index (Phi) is 5.57. The van der Waals surface area contributed by atoms with Crippen LogP contribution in [-0.2, 0) is 10.0 Å². The standard InChI is InChI=1S/C23H27ClF2N4O2S/c1-14-11-30(12-14)18-6-7-23(18)8-9-29(13-23)17-10-16(24)22(21(26)15(17)2)33(31,32)28-20-5-3-4-19(25)27-20/h3-5,10,14,18H,6-9,11-13H2,1-2H3,(H,27,28)/t18-,23+/m1/s1. The lowest BCUT2D eigenvalue weighted by Gasteiger charge is -2.57. The molecule has 1 saturated carbocycles. The molecule has 178 valence electrons. The van der Waals surface area contributed by atoms with Crippen LogP contribution in [-0.4, -0.2) is 50.5 Å². The zero-order valence-corrected chi connectivity index (χ0v) is 20.2. The fourth-order valence-electron chi connectivity index (χ4n) is 5.74. The van der Waals surface area contributed by atoms with E-state index in [1.54, 1.807) is 6.92 Å². The van der Waals surface area contributed by atoms with E-state index in [2.05, 4.69) is 26.4 Å². The highest BCUT2D eigenvalue weighted by molar-refractivity contribution is 7.92. The van der Waals surface area contributed by atoms with Crippen molar-refractivity contribution < 1.29 is 17.2 Å². The third kappa shape index (κ3) is 3.88. The van der Waals surface area contributed by atoms with Crippen molar-refractivity contribution in [3.05, 3.63) is 46.6 Å². The second-order valence-corrected chi connectivity index (χ2v) is 11.8. The number of hydrogen-bond acceptors (Lipinski definition) is 5. The summed E-state index contributed by atoms with van der Waals surface area (Å²) in [5.74, 6) is -1.24. The minimum absolute atomic E-state index is 0.209. The van der Waals surface area contributed by atoms with Gasteiger partial charge in [0, 0.05) is 48.9 Å². The van der Waals surface area contributed by atoms with E-state index in [0.717, 1.165) is 51.0 Å². The van der Waals surface area contributed by atoms with Crippen LogP contribution >= 0.6 is 11.6 Å². The number of benzene rings is 1. The predicted octanol–water partition coefficient (Wildman–Crippen LogP) is 4.43. The maximum atomic E-state index is 15.4. The van der Waals surface area contributed by atoms with Gasteiger partial charge in [-0.25, -0.2) is 17.8 Å². The van der Waals surface area contributed by atoms with E-state index in [4.69, 9.17) is 11.6 Å². The van der Waals surface area contributed by atoms with Crippen molar-refractivity contribution in [2.45, 2.75) is 44.0 Å². The molecule has 0 radical (unpaired) electrons. The summed E-state index contributed by atoms with van der Waals surface area (Å²) in [4.78, 5) is 7.54. The van der Waals surface area contributed by atoms with Gasteiger partial charge in [0.05, 0.1) is 5.02 Å². The lowest BCUT2D eigenvalue weighted by atomic mass is 9.62. The Bertz CT molecular complexity index is 1210. The first-order valence-electron chi connectivity index (χ1n) is 11.2. The van der Waals surface area contributed by atoms with Crippen LogP contribution < -0.4 is 9.62 Å². The van der Waals surface area contributed by atoms with E-state index in [1.165, 1.54) is 24.6 Å². The molecule has 1 spiro atoms. The van der Waals surface area contributed by atoms with Gasteiger partial charge in [0.15, 0.2) is 0 Å². The van der Waals surface area contributed by atoms with Gasteiger partial charge in [-0.05, 0) is 50.3 Å². The molecule has 1 N–H and O–H groups in total. The van der Waals surface area contributed by atoms with Gasteiger partial charge in [0.1, 0.15) is 16.5 Å². The number of anilines is 2. The topological polar surface area (TPSA) is 65.5 Å². The van der Waals surface area contributed by atoms with Crippen LogP contribution in [0, 0.1) is 30.0 Å². The van der Waals surface area contributed by atoms with Gasteiger partial charge >= 0.3 is 0 Å². The van der Waals surface area contributed by atoms with E-state index >= 15 is 4.39 Å². The first-order valence-corrected chi connectivity index (χ1v) is 13.1. The Balaban J connectivity index is 1.40. The molecule has 6 nitrogen and oxygen atoms in total. The molecule has 3 heterocycles. The fourth-order valence-corrected chi connectivity index (χ4v) is 7.43. The molecule has 0 bridgehead atoms. The fraction of sp³-hybridized carbons (Fsp3) is 0.522. The molecule has 1 aromatic heterocycles. The van der Waals surface area contributed by atoms with Crippen molar-refractivity contribution >= 4 is 33.1 Å². The van der Waals surface area contributed by atoms with Gasteiger partial charge in [-0.15, -0.1) is 0 Å². The van der Waals surface area contributed by atoms with Crippen molar-refractivity contribution in [3.63, 3.8) is 0 Å². The molecule has 2 aromatic rings. The van der Waals surface area contributed by atoms with Gasteiger partial charge in [-0.3, -0.25) is 9.62 Å². The highest BCUT2D eigenvalue weighted by Gasteiger charge is 2.54. The predicted molar refractivity (Wildman–Crippen MR) is 124 cm³/mol. The van der Waals surface area contributed by atoms with Crippen LogP contribution in [0.25, 0.3) is 0 Å². The minimum Gasteiger partial charge on any atom is -0.371 e. The highest BCUT2D eigenvalue weighted by atomic mass is 35.5. The van der Waals surface area contributed by atoms with Gasteiger partial charge in [0.2, 0.25) is 5.95 Å². The molecule has 3 aliphatic rings. The maximum Gasteiger partial charge on any atom is 0.267 e. The Labute approximate surface area is 198 Å². The summed E-state index contributed by atoms with van der Waals surface area (Å²) in [6.45, 7) is 7.73. The molecule has 2 aliphatic heterocycles. The molecule has 2 saturated heterocycles. The number of rotatable bonds is 5. The average molecular weight is 497 g/mol. The summed E-state index contributed by atoms with van der Waals surface area (Å²) < 4.78 is 56.6. The number of likely N-dealkylation sites (tertiary alicyclic amines) is 1. The first kappa shape index (κ1) is 22.8. The van der Waals surface area contributed by atoms with E-state index in [0.29, 0.717) is 11.7 Å². The lowest BCUT2D eigenvalue weighted by molar-refractivity contribution is -0.0650. The number of hydrogen-bond donors (Lipinski definition) is 1. The van der Waals surface area contributed by atoms with Crippen LogP contribution in [0.4, 0.5) is 20.3 Å². The van der Waals surface area contributed by atoms with Crippen molar-refractivity contribution in [2.24, 2.45) is 11.3 Å². The molecular weight excluding hydrogens is 470 g/mol. The third-order valence-corrected chi connectivity index (χ3v) is 9.32. The highest BCUT2D eigenvalue weighted by Crippen LogP contribution is 2.53. The summed E-state index contributed by atoms with van der Waals surface area (Å²) >= 11 is 6.32. The van der Waals surface area contributed by atoms with Crippen LogP contribution in [0.1, 0.15) is 31.7 Å². The number of sulfonamides is 1. The minimum atomic E-state index is -4.40. The summed E-state index contributed by atoms with van der Waals surface area (Å²) in [6, 6.07) is 5.78. The lowest BCUT2D eigenvalue weighted by Crippen LogP contribution is -2.62. The Morgan fingerprint density at radius 1 is 1.24 bits per heavy atom. The number of nitrogens with zero attached hydrogens (tertiary/aromatic N) is 3. The number of halogens is 3. The summed E-state index contributed by atoms with van der Waals surface area (Å²) in [5.41, 5.74) is 1.07. The van der Waals surface area contributed by atoms with E-state index in [1.807, 2.05) is 0 Å². The first-order chi connectivity index (χ1) is 15.6. The van der Waals surface area contributed by atoms with Gasteiger partial charge in [-0.2, -0.15) is 4.39 Å². The van der Waals surface area contributed by atoms with Crippen molar-refractivity contribution in [3.8, 4) is 0 Å². The van der Waals surface area contributed by atoms with Crippen LogP contribution in [0.2, 0.25) is 5.02 Å². The molecule has 5 rings (SSSR count). The van der Waals surface area contributed by atoms with Crippen molar-refractivity contribution in [2.75, 3.05) is 35.8 Å². The van der Waals surface area contributed by atoms with E-state index in [9.17, 15) is 12.8 Å². The van der Waals surface area contributed by atoms with Crippen molar-refractivity contribution in [1.29, 1.82) is 0 Å². The van der Waals surface area contributed by atoms with E-state index in [-0.39, 0.29) is 21.8 Å². The molecule has 33 heavy (non-hydrogen) atoms. The summed E-state index contributed by atoms with van der Waals surface area (Å²) in [5, 5.41) is -0.209. The molecule has 3 fully saturated rings. The van der Waals surface area contributed by atoms with Crippen LogP contribution in [0.3, 0.4) is 0 Å². The summed E-state index contributed by atoms with van der Waals surface area (Å²) in [6.07, 6.45) is 3.39. The Morgan fingerprint density at radius 2 is 2.00 bits per heavy atom. The molecular formula is C23H27ClF2N4O2S. The third-order valence-electron chi connectivity index (χ3n) is 7.50. The molecule has 1 aromatic carbocycles. The Morgan fingerprint density at radius 3 is 2.64 bits per heavy atom. The quantitative estimate of drug-likeness (QED) is 0.620. The molecule has 0 amide bonds. The zero-order valence-electron chi connectivity index (χ0n) is 18.6. The number of pyridine rings is 1. The van der Waals surface area contributed by atoms with Gasteiger partial charge in [0.25, 0.3) is 10.0 Å². The smallest absolute Gasteiger partial charge is 0.267 e. The second kappa shape index (κ2) is 8.06. The largest absolute Gasteiger partial charge is 0.371 e. The normalized spacial score (nSPS) is 25.8. The van der Waals surface area contributed by atoms with Crippen LogP contribution in [0.15, 0.2) is 29.2 Å². The Hall–Kier alpha value is -1.97. The molecule has 10 heteroatoms. The van der Waals surface area contributed by atoms with E-state index < -0.39 is 26.7 Å². The average Bonchev–Trinajstić information content (AvgIpc) is 3.16. The maximum absolute atomic E-state index is 15.4. The van der Waals surface area contributed by atoms with Crippen molar-refractivity contribution in [1.82, 2.24) is 9.88 Å². The van der Waals surface area contributed by atoms with Crippen LogP contribution in [0.5, 0.6) is 0 Å². The van der Waals surface area contributed by atoms with Gasteiger partial charge < -0.3 is 4.90 Å². The monoisotopic (exact) mass is 496 g/mol. The number of nitrogens with one attached hydrogen (secondary N) is 1. The number of aromatic nitrogens is 1. The second-order valence-electron chi connectivity index (χ2n) is 9.74. The molecule has 0 unspecified atom stereocenters.